The van der Waals surface area contributed by atoms with Gasteiger partial charge in [0.1, 0.15) is 0 Å². The number of halogens is 1. The van der Waals surface area contributed by atoms with Crippen LogP contribution in [0.2, 0.25) is 0 Å². The van der Waals surface area contributed by atoms with Crippen molar-refractivity contribution in [2.24, 2.45) is 0 Å². The molecule has 0 fully saturated rings. The Bertz CT molecular complexity index is 749. The topological polar surface area (TPSA) is 70.0 Å². The summed E-state index contributed by atoms with van der Waals surface area (Å²) in [6, 6.07) is 15.4. The standard InChI is InChI=1S/C14H11BrN2O2S/c15-13-2-1-3-14(8-13)17-20(18,19)10-12-6-4-11(9-16)5-7-12/h1-8,17H,10H2. The highest BCUT2D eigenvalue weighted by molar-refractivity contribution is 9.10. The third kappa shape index (κ3) is 4.08. The predicted octanol–water partition coefficient (Wildman–Crippen LogP) is 3.26. The van der Waals surface area contributed by atoms with E-state index in [0.29, 0.717) is 16.8 Å². The van der Waals surface area contributed by atoms with Crippen LogP contribution >= 0.6 is 15.9 Å². The highest BCUT2D eigenvalue weighted by Crippen LogP contribution is 2.18. The van der Waals surface area contributed by atoms with Crippen LogP contribution in [0.15, 0.2) is 53.0 Å². The van der Waals surface area contributed by atoms with Crippen molar-refractivity contribution >= 4 is 31.6 Å². The number of rotatable bonds is 4. The number of anilines is 1. The lowest BCUT2D eigenvalue weighted by atomic mass is 10.2. The first-order valence-electron chi connectivity index (χ1n) is 5.74. The van der Waals surface area contributed by atoms with E-state index in [2.05, 4.69) is 20.7 Å². The molecule has 0 amide bonds. The summed E-state index contributed by atoms with van der Waals surface area (Å²) in [5.74, 6) is -0.134. The maximum Gasteiger partial charge on any atom is 0.236 e. The first kappa shape index (κ1) is 14.6. The SMILES string of the molecule is N#Cc1ccc(CS(=O)(=O)Nc2cccc(Br)c2)cc1. The smallest absolute Gasteiger partial charge is 0.236 e. The zero-order valence-electron chi connectivity index (χ0n) is 10.4. The van der Waals surface area contributed by atoms with Gasteiger partial charge in [0.05, 0.1) is 17.4 Å². The molecular weight excluding hydrogens is 340 g/mol. The molecule has 0 aliphatic rings. The Morgan fingerprint density at radius 1 is 1.15 bits per heavy atom. The van der Waals surface area contributed by atoms with E-state index in [9.17, 15) is 8.42 Å². The second kappa shape index (κ2) is 6.07. The van der Waals surface area contributed by atoms with Gasteiger partial charge in [-0.2, -0.15) is 5.26 Å². The number of benzene rings is 2. The molecule has 4 nitrogen and oxygen atoms in total. The summed E-state index contributed by atoms with van der Waals surface area (Å²) in [5.41, 5.74) is 1.64. The van der Waals surface area contributed by atoms with E-state index in [4.69, 9.17) is 5.26 Å². The zero-order valence-corrected chi connectivity index (χ0v) is 12.8. The predicted molar refractivity (Wildman–Crippen MR) is 81.5 cm³/mol. The third-order valence-electron chi connectivity index (χ3n) is 2.54. The Balaban J connectivity index is 2.13. The molecule has 2 rings (SSSR count). The summed E-state index contributed by atoms with van der Waals surface area (Å²) in [5, 5.41) is 8.70. The lowest BCUT2D eigenvalue weighted by Gasteiger charge is -2.08. The molecular formula is C14H11BrN2O2S. The van der Waals surface area contributed by atoms with Gasteiger partial charge in [0, 0.05) is 10.2 Å². The van der Waals surface area contributed by atoms with Crippen molar-refractivity contribution in [1.29, 1.82) is 5.26 Å². The Morgan fingerprint density at radius 3 is 2.45 bits per heavy atom. The van der Waals surface area contributed by atoms with Crippen molar-refractivity contribution in [3.8, 4) is 6.07 Å². The van der Waals surface area contributed by atoms with Crippen LogP contribution in [0.1, 0.15) is 11.1 Å². The van der Waals surface area contributed by atoms with Gasteiger partial charge in [0.15, 0.2) is 0 Å². The van der Waals surface area contributed by atoms with Gasteiger partial charge in [-0.1, -0.05) is 34.1 Å². The van der Waals surface area contributed by atoms with E-state index < -0.39 is 10.0 Å². The Hall–Kier alpha value is -1.84. The lowest BCUT2D eigenvalue weighted by molar-refractivity contribution is 0.600. The van der Waals surface area contributed by atoms with Crippen molar-refractivity contribution in [1.82, 2.24) is 0 Å². The second-order valence-corrected chi connectivity index (χ2v) is 6.82. The fourth-order valence-electron chi connectivity index (χ4n) is 1.66. The van der Waals surface area contributed by atoms with Crippen molar-refractivity contribution in [3.05, 3.63) is 64.1 Å². The van der Waals surface area contributed by atoms with E-state index in [1.165, 1.54) is 0 Å². The third-order valence-corrected chi connectivity index (χ3v) is 4.29. The van der Waals surface area contributed by atoms with E-state index >= 15 is 0 Å². The van der Waals surface area contributed by atoms with E-state index in [-0.39, 0.29) is 5.75 Å². The normalized spacial score (nSPS) is 10.8. The van der Waals surface area contributed by atoms with Gasteiger partial charge in [-0.25, -0.2) is 8.42 Å². The van der Waals surface area contributed by atoms with Crippen molar-refractivity contribution < 1.29 is 8.42 Å². The largest absolute Gasteiger partial charge is 0.283 e. The molecule has 0 saturated heterocycles. The molecule has 102 valence electrons. The summed E-state index contributed by atoms with van der Waals surface area (Å²) in [4.78, 5) is 0. The molecule has 0 heterocycles. The first-order valence-corrected chi connectivity index (χ1v) is 8.18. The van der Waals surface area contributed by atoms with Crippen LogP contribution in [0, 0.1) is 11.3 Å². The van der Waals surface area contributed by atoms with E-state index in [0.717, 1.165) is 4.47 Å². The van der Waals surface area contributed by atoms with Gasteiger partial charge in [0.2, 0.25) is 10.0 Å². The molecule has 0 unspecified atom stereocenters. The first-order chi connectivity index (χ1) is 9.48. The van der Waals surface area contributed by atoms with E-state index in [1.54, 1.807) is 42.5 Å². The number of nitrogens with zero attached hydrogens (tertiary/aromatic N) is 1. The molecule has 0 atom stereocenters. The molecule has 0 saturated carbocycles. The maximum atomic E-state index is 12.0. The number of hydrogen-bond donors (Lipinski definition) is 1. The van der Waals surface area contributed by atoms with Crippen LogP contribution in [-0.4, -0.2) is 8.42 Å². The fraction of sp³-hybridized carbons (Fsp3) is 0.0714. The molecule has 6 heteroatoms. The van der Waals surface area contributed by atoms with Gasteiger partial charge in [-0.3, -0.25) is 4.72 Å². The van der Waals surface area contributed by atoms with E-state index in [1.807, 2.05) is 12.1 Å². The molecule has 1 N–H and O–H groups in total. The molecule has 0 spiro atoms. The molecule has 2 aromatic carbocycles. The molecule has 20 heavy (non-hydrogen) atoms. The summed E-state index contributed by atoms with van der Waals surface area (Å²) in [6.07, 6.45) is 0. The quantitative estimate of drug-likeness (QED) is 0.919. The molecule has 2 aromatic rings. The highest BCUT2D eigenvalue weighted by Gasteiger charge is 2.11. The molecule has 0 bridgehead atoms. The summed E-state index contributed by atoms with van der Waals surface area (Å²) >= 11 is 3.29. The molecule has 0 aliphatic heterocycles. The second-order valence-electron chi connectivity index (χ2n) is 4.18. The Labute approximate surface area is 126 Å². The monoisotopic (exact) mass is 350 g/mol. The minimum absolute atomic E-state index is 0.134. The Morgan fingerprint density at radius 2 is 1.85 bits per heavy atom. The zero-order chi connectivity index (χ0) is 14.6. The summed E-state index contributed by atoms with van der Waals surface area (Å²) in [6.45, 7) is 0. The average Bonchev–Trinajstić information content (AvgIpc) is 2.38. The van der Waals surface area contributed by atoms with Gasteiger partial charge in [-0.05, 0) is 35.9 Å². The minimum atomic E-state index is -3.48. The van der Waals surface area contributed by atoms with Crippen molar-refractivity contribution in [2.75, 3.05) is 4.72 Å². The molecule has 0 aromatic heterocycles. The van der Waals surface area contributed by atoms with Crippen molar-refractivity contribution in [3.63, 3.8) is 0 Å². The maximum absolute atomic E-state index is 12.0. The van der Waals surface area contributed by atoms with Crippen LogP contribution < -0.4 is 4.72 Å². The van der Waals surface area contributed by atoms with Gasteiger partial charge >= 0.3 is 0 Å². The molecule has 0 radical (unpaired) electrons. The Kier molecular flexibility index (Phi) is 4.42. The highest BCUT2D eigenvalue weighted by atomic mass is 79.9. The average molecular weight is 351 g/mol. The number of hydrogen-bond acceptors (Lipinski definition) is 3. The minimum Gasteiger partial charge on any atom is -0.283 e. The van der Waals surface area contributed by atoms with Crippen LogP contribution in [-0.2, 0) is 15.8 Å². The fourth-order valence-corrected chi connectivity index (χ4v) is 3.25. The van der Waals surface area contributed by atoms with Crippen LogP contribution in [0.3, 0.4) is 0 Å². The number of nitriles is 1. The van der Waals surface area contributed by atoms with Crippen LogP contribution in [0.25, 0.3) is 0 Å². The molecule has 0 aliphatic carbocycles. The van der Waals surface area contributed by atoms with Gasteiger partial charge in [-0.15, -0.1) is 0 Å². The number of sulfonamides is 1. The van der Waals surface area contributed by atoms with Crippen LogP contribution in [0.4, 0.5) is 5.69 Å². The number of nitrogens with one attached hydrogen (secondary N) is 1. The van der Waals surface area contributed by atoms with Gasteiger partial charge < -0.3 is 0 Å². The van der Waals surface area contributed by atoms with Crippen LogP contribution in [0.5, 0.6) is 0 Å². The van der Waals surface area contributed by atoms with Gasteiger partial charge in [0.25, 0.3) is 0 Å². The lowest BCUT2D eigenvalue weighted by Crippen LogP contribution is -2.15. The van der Waals surface area contributed by atoms with Crippen molar-refractivity contribution in [2.45, 2.75) is 5.75 Å². The summed E-state index contributed by atoms with van der Waals surface area (Å²) in [7, 11) is -3.48. The summed E-state index contributed by atoms with van der Waals surface area (Å²) < 4.78 is 27.4.